The molecule has 1 aromatic rings. The number of aromatic nitrogens is 2. The first-order valence-corrected chi connectivity index (χ1v) is 5.57. The van der Waals surface area contributed by atoms with Gasteiger partial charge in [0.05, 0.1) is 25.9 Å². The summed E-state index contributed by atoms with van der Waals surface area (Å²) in [4.78, 5) is 8.14. The molecule has 0 unspecified atom stereocenters. The Morgan fingerprint density at radius 2 is 2.18 bits per heavy atom. The van der Waals surface area contributed by atoms with Crippen LogP contribution < -0.4 is 10.1 Å². The SMILES string of the molecule is COc1ncnc(NCCCOCCO)c1C. The van der Waals surface area contributed by atoms with E-state index in [0.717, 1.165) is 24.3 Å². The van der Waals surface area contributed by atoms with Gasteiger partial charge in [-0.25, -0.2) is 9.97 Å². The molecule has 0 spiro atoms. The van der Waals surface area contributed by atoms with Crippen molar-refractivity contribution in [1.82, 2.24) is 9.97 Å². The molecule has 0 fully saturated rings. The van der Waals surface area contributed by atoms with Crippen molar-refractivity contribution >= 4 is 5.82 Å². The van der Waals surface area contributed by atoms with E-state index < -0.39 is 0 Å². The van der Waals surface area contributed by atoms with Crippen LogP contribution in [0.1, 0.15) is 12.0 Å². The molecule has 0 aliphatic rings. The van der Waals surface area contributed by atoms with Crippen molar-refractivity contribution in [2.24, 2.45) is 0 Å². The first-order valence-electron chi connectivity index (χ1n) is 5.57. The summed E-state index contributed by atoms with van der Waals surface area (Å²) in [6.45, 7) is 3.74. The number of rotatable bonds is 8. The molecule has 0 amide bonds. The third-order valence-electron chi connectivity index (χ3n) is 2.22. The van der Waals surface area contributed by atoms with Gasteiger partial charge in [-0.2, -0.15) is 0 Å². The number of hydrogen-bond acceptors (Lipinski definition) is 6. The summed E-state index contributed by atoms with van der Waals surface area (Å²) < 4.78 is 10.2. The van der Waals surface area contributed by atoms with E-state index in [4.69, 9.17) is 14.6 Å². The molecule has 0 aromatic carbocycles. The van der Waals surface area contributed by atoms with Gasteiger partial charge in [0, 0.05) is 13.2 Å². The topological polar surface area (TPSA) is 76.5 Å². The van der Waals surface area contributed by atoms with E-state index in [0.29, 0.717) is 19.1 Å². The Hall–Kier alpha value is -1.40. The Morgan fingerprint density at radius 3 is 2.88 bits per heavy atom. The lowest BCUT2D eigenvalue weighted by Crippen LogP contribution is -2.10. The largest absolute Gasteiger partial charge is 0.481 e. The highest BCUT2D eigenvalue weighted by Gasteiger charge is 2.05. The zero-order valence-corrected chi connectivity index (χ0v) is 10.3. The third-order valence-corrected chi connectivity index (χ3v) is 2.22. The number of anilines is 1. The normalized spacial score (nSPS) is 10.3. The number of hydrogen-bond donors (Lipinski definition) is 2. The quantitative estimate of drug-likeness (QED) is 0.649. The van der Waals surface area contributed by atoms with E-state index in [1.165, 1.54) is 6.33 Å². The molecule has 1 aromatic heterocycles. The van der Waals surface area contributed by atoms with Gasteiger partial charge >= 0.3 is 0 Å². The predicted molar refractivity (Wildman–Crippen MR) is 64.3 cm³/mol. The van der Waals surface area contributed by atoms with Crippen LogP contribution in [0.5, 0.6) is 5.88 Å². The summed E-state index contributed by atoms with van der Waals surface area (Å²) in [5.74, 6) is 1.36. The van der Waals surface area contributed by atoms with Crippen LogP contribution in [-0.2, 0) is 4.74 Å². The minimum Gasteiger partial charge on any atom is -0.481 e. The second kappa shape index (κ2) is 7.81. The van der Waals surface area contributed by atoms with Crippen LogP contribution in [0.4, 0.5) is 5.82 Å². The van der Waals surface area contributed by atoms with Gasteiger partial charge in [-0.05, 0) is 13.3 Å². The molecule has 0 aliphatic heterocycles. The standard InChI is InChI=1S/C11H19N3O3/c1-9-10(13-8-14-11(9)16-2)12-4-3-6-17-7-5-15/h8,15H,3-7H2,1-2H3,(H,12,13,14). The van der Waals surface area contributed by atoms with Gasteiger partial charge in [0.15, 0.2) is 0 Å². The van der Waals surface area contributed by atoms with Crippen molar-refractivity contribution < 1.29 is 14.6 Å². The average Bonchev–Trinajstić information content (AvgIpc) is 2.35. The summed E-state index contributed by atoms with van der Waals surface area (Å²) >= 11 is 0. The third kappa shape index (κ3) is 4.54. The summed E-state index contributed by atoms with van der Waals surface area (Å²) in [5, 5.41) is 11.7. The predicted octanol–water partition coefficient (Wildman–Crippen LogP) is 0.605. The maximum atomic E-state index is 8.52. The molecule has 0 aliphatic carbocycles. The molecule has 6 heteroatoms. The van der Waals surface area contributed by atoms with Gasteiger partial charge in [-0.3, -0.25) is 0 Å². The van der Waals surface area contributed by atoms with Crippen molar-refractivity contribution in [3.63, 3.8) is 0 Å². The van der Waals surface area contributed by atoms with E-state index >= 15 is 0 Å². The Bertz CT molecular complexity index is 334. The van der Waals surface area contributed by atoms with E-state index in [9.17, 15) is 0 Å². The van der Waals surface area contributed by atoms with Gasteiger partial charge in [-0.15, -0.1) is 0 Å². The Morgan fingerprint density at radius 1 is 1.35 bits per heavy atom. The molecule has 96 valence electrons. The van der Waals surface area contributed by atoms with Crippen LogP contribution in [-0.4, -0.2) is 48.5 Å². The number of aliphatic hydroxyl groups is 1. The Labute approximate surface area is 101 Å². The minimum absolute atomic E-state index is 0.0651. The summed E-state index contributed by atoms with van der Waals surface area (Å²) in [7, 11) is 1.59. The van der Waals surface area contributed by atoms with Gasteiger partial charge in [0.1, 0.15) is 12.1 Å². The van der Waals surface area contributed by atoms with Crippen LogP contribution >= 0.6 is 0 Å². The highest BCUT2D eigenvalue weighted by Crippen LogP contribution is 2.19. The highest BCUT2D eigenvalue weighted by atomic mass is 16.5. The molecule has 0 saturated carbocycles. The van der Waals surface area contributed by atoms with Gasteiger partial charge in [-0.1, -0.05) is 0 Å². The van der Waals surface area contributed by atoms with Crippen LogP contribution in [0.2, 0.25) is 0 Å². The number of nitrogens with zero attached hydrogens (tertiary/aromatic N) is 2. The average molecular weight is 241 g/mol. The van der Waals surface area contributed by atoms with Gasteiger partial charge in [0.25, 0.3) is 0 Å². The molecule has 2 N–H and O–H groups in total. The maximum absolute atomic E-state index is 8.52. The maximum Gasteiger partial charge on any atom is 0.221 e. The molecule has 0 atom stereocenters. The minimum atomic E-state index is 0.0651. The van der Waals surface area contributed by atoms with E-state index in [1.54, 1.807) is 7.11 Å². The van der Waals surface area contributed by atoms with Crippen molar-refractivity contribution in [2.45, 2.75) is 13.3 Å². The molecular formula is C11H19N3O3. The van der Waals surface area contributed by atoms with Crippen LogP contribution in [0.3, 0.4) is 0 Å². The molecule has 1 rings (SSSR count). The molecule has 17 heavy (non-hydrogen) atoms. The smallest absolute Gasteiger partial charge is 0.221 e. The lowest BCUT2D eigenvalue weighted by Gasteiger charge is -2.10. The molecule has 0 radical (unpaired) electrons. The zero-order valence-electron chi connectivity index (χ0n) is 10.3. The fourth-order valence-electron chi connectivity index (χ4n) is 1.37. The second-order valence-corrected chi connectivity index (χ2v) is 3.47. The van der Waals surface area contributed by atoms with E-state index in [1.807, 2.05) is 6.92 Å². The second-order valence-electron chi connectivity index (χ2n) is 3.47. The number of methoxy groups -OCH3 is 1. The molecule has 1 heterocycles. The fourth-order valence-corrected chi connectivity index (χ4v) is 1.37. The van der Waals surface area contributed by atoms with Crippen LogP contribution in [0, 0.1) is 6.92 Å². The van der Waals surface area contributed by atoms with E-state index in [2.05, 4.69) is 15.3 Å². The molecular weight excluding hydrogens is 222 g/mol. The monoisotopic (exact) mass is 241 g/mol. The van der Waals surface area contributed by atoms with Crippen molar-refractivity contribution in [3.05, 3.63) is 11.9 Å². The summed E-state index contributed by atoms with van der Waals surface area (Å²) in [6, 6.07) is 0. The lowest BCUT2D eigenvalue weighted by molar-refractivity contribution is 0.0922. The van der Waals surface area contributed by atoms with Crippen LogP contribution in [0.25, 0.3) is 0 Å². The lowest BCUT2D eigenvalue weighted by atomic mass is 10.3. The summed E-state index contributed by atoms with van der Waals surface area (Å²) in [6.07, 6.45) is 2.32. The number of nitrogens with one attached hydrogen (secondary N) is 1. The first-order chi connectivity index (χ1) is 8.29. The number of ether oxygens (including phenoxy) is 2. The van der Waals surface area contributed by atoms with Crippen molar-refractivity contribution in [1.29, 1.82) is 0 Å². The first kappa shape index (κ1) is 13.7. The molecule has 6 nitrogen and oxygen atoms in total. The highest BCUT2D eigenvalue weighted by molar-refractivity contribution is 5.47. The Kier molecular flexibility index (Phi) is 6.27. The molecule has 0 saturated heterocycles. The fraction of sp³-hybridized carbons (Fsp3) is 0.636. The van der Waals surface area contributed by atoms with E-state index in [-0.39, 0.29) is 6.61 Å². The molecule has 0 bridgehead atoms. The van der Waals surface area contributed by atoms with Crippen LogP contribution in [0.15, 0.2) is 6.33 Å². The number of aliphatic hydroxyl groups excluding tert-OH is 1. The van der Waals surface area contributed by atoms with Crippen molar-refractivity contribution in [3.8, 4) is 5.88 Å². The summed E-state index contributed by atoms with van der Waals surface area (Å²) in [5.41, 5.74) is 0.895. The van der Waals surface area contributed by atoms with Crippen molar-refractivity contribution in [2.75, 3.05) is 38.8 Å². The van der Waals surface area contributed by atoms with Gasteiger partial charge < -0.3 is 19.9 Å². The van der Waals surface area contributed by atoms with Gasteiger partial charge in [0.2, 0.25) is 5.88 Å². The zero-order chi connectivity index (χ0) is 12.5. The Balaban J connectivity index is 2.31.